The van der Waals surface area contributed by atoms with Crippen LogP contribution in [0.1, 0.15) is 10.4 Å². The number of aromatic nitrogens is 1. The van der Waals surface area contributed by atoms with Crippen molar-refractivity contribution in [2.45, 2.75) is 0 Å². The lowest BCUT2D eigenvalue weighted by Crippen LogP contribution is -2.13. The highest BCUT2D eigenvalue weighted by Crippen LogP contribution is 2.37. The van der Waals surface area contributed by atoms with Crippen molar-refractivity contribution in [3.05, 3.63) is 65.2 Å². The number of ether oxygens (including phenoxy) is 1. The van der Waals surface area contributed by atoms with Gasteiger partial charge in [-0.3, -0.25) is 4.79 Å². The molecule has 0 unspecified atom stereocenters. The van der Waals surface area contributed by atoms with Crippen molar-refractivity contribution in [3.8, 4) is 15.6 Å². The highest BCUT2D eigenvalue weighted by molar-refractivity contribution is 7.17. The van der Waals surface area contributed by atoms with E-state index in [2.05, 4.69) is 10.3 Å². The fourth-order valence-corrected chi connectivity index (χ4v) is 3.02. The topological polar surface area (TPSA) is 88.5 Å². The Morgan fingerprint density at radius 3 is 2.40 bits per heavy atom. The number of benzene rings is 2. The molecule has 0 radical (unpaired) electrons. The summed E-state index contributed by atoms with van der Waals surface area (Å²) in [5.74, 6) is -0.400. The first kappa shape index (κ1) is 16.9. The van der Waals surface area contributed by atoms with Gasteiger partial charge in [0.1, 0.15) is 5.01 Å². The molecule has 25 heavy (non-hydrogen) atoms. The van der Waals surface area contributed by atoms with Crippen LogP contribution in [0.3, 0.4) is 0 Å². The predicted molar refractivity (Wildman–Crippen MR) is 95.6 cm³/mol. The molecule has 0 spiro atoms. The summed E-state index contributed by atoms with van der Waals surface area (Å²) in [6, 6.07) is 15.5. The van der Waals surface area contributed by atoms with Gasteiger partial charge in [0.05, 0.1) is 0 Å². The van der Waals surface area contributed by atoms with Gasteiger partial charge in [0.25, 0.3) is 5.91 Å². The molecule has 0 bridgehead atoms. The van der Waals surface area contributed by atoms with Crippen LogP contribution in [0.25, 0.3) is 10.6 Å². The fraction of sp³-hybridized carbons (Fsp3) is 0. The van der Waals surface area contributed by atoms with Gasteiger partial charge in [-0.1, -0.05) is 53.3 Å². The lowest BCUT2D eigenvalue weighted by atomic mass is 10.2. The average Bonchev–Trinajstić information content (AvgIpc) is 2.98. The van der Waals surface area contributed by atoms with E-state index in [1.807, 2.05) is 30.3 Å². The number of nitrogens with one attached hydrogen (secondary N) is 1. The van der Waals surface area contributed by atoms with E-state index < -0.39 is 12.1 Å². The Morgan fingerprint density at radius 2 is 1.76 bits per heavy atom. The standard InChI is InChI=1S/C17H11ClN2O4S/c18-12-8-6-10(7-9-12)14(21)19-13-16(24-17(22)23)25-15(20-13)11-4-2-1-3-5-11/h1-9H,(H,19,21)(H,22,23). The molecule has 0 aliphatic carbocycles. The minimum atomic E-state index is -1.48. The second kappa shape index (κ2) is 7.33. The predicted octanol–water partition coefficient (Wildman–Crippen LogP) is 4.77. The molecule has 1 heterocycles. The van der Waals surface area contributed by atoms with Gasteiger partial charge in [0.15, 0.2) is 5.82 Å². The summed E-state index contributed by atoms with van der Waals surface area (Å²) < 4.78 is 4.74. The van der Waals surface area contributed by atoms with Crippen molar-refractivity contribution in [2.24, 2.45) is 0 Å². The minimum absolute atomic E-state index is 0.00586. The van der Waals surface area contributed by atoms with E-state index in [1.54, 1.807) is 24.3 Å². The maximum atomic E-state index is 12.3. The summed E-state index contributed by atoms with van der Waals surface area (Å²) in [5.41, 5.74) is 1.15. The third-order valence-corrected chi connectivity index (χ3v) is 4.37. The Hall–Kier alpha value is -2.90. The Morgan fingerprint density at radius 1 is 1.08 bits per heavy atom. The molecule has 2 aromatic carbocycles. The zero-order chi connectivity index (χ0) is 17.8. The van der Waals surface area contributed by atoms with E-state index in [0.717, 1.165) is 16.9 Å². The van der Waals surface area contributed by atoms with Crippen molar-refractivity contribution in [2.75, 3.05) is 5.32 Å². The van der Waals surface area contributed by atoms with Gasteiger partial charge < -0.3 is 15.2 Å². The molecule has 0 saturated carbocycles. The second-order valence-corrected chi connectivity index (χ2v) is 6.25. The summed E-state index contributed by atoms with van der Waals surface area (Å²) >= 11 is 6.83. The molecule has 2 N–H and O–H groups in total. The summed E-state index contributed by atoms with van der Waals surface area (Å²) in [4.78, 5) is 27.5. The quantitative estimate of drug-likeness (QED) is 0.642. The highest BCUT2D eigenvalue weighted by atomic mass is 35.5. The Kier molecular flexibility index (Phi) is 4.97. The van der Waals surface area contributed by atoms with Crippen LogP contribution in [0, 0.1) is 0 Å². The molecule has 0 atom stereocenters. The number of amides is 1. The number of carboxylic acid groups (broad SMARTS) is 1. The zero-order valence-electron chi connectivity index (χ0n) is 12.6. The third kappa shape index (κ3) is 4.14. The molecule has 3 rings (SSSR count). The van der Waals surface area contributed by atoms with Crippen molar-refractivity contribution in [3.63, 3.8) is 0 Å². The summed E-state index contributed by atoms with van der Waals surface area (Å²) in [6.45, 7) is 0. The Bertz CT molecular complexity index is 910. The molecule has 1 amide bonds. The lowest BCUT2D eigenvalue weighted by Gasteiger charge is -2.04. The molecule has 0 saturated heterocycles. The molecule has 0 fully saturated rings. The number of thiazole rings is 1. The van der Waals surface area contributed by atoms with Gasteiger partial charge in [-0.05, 0) is 24.3 Å². The molecule has 0 aliphatic heterocycles. The van der Waals surface area contributed by atoms with Gasteiger partial charge in [-0.15, -0.1) is 0 Å². The number of carbonyl (C=O) groups is 2. The Balaban J connectivity index is 1.90. The summed E-state index contributed by atoms with van der Waals surface area (Å²) in [5, 5.41) is 12.5. The van der Waals surface area contributed by atoms with Gasteiger partial charge in [-0.2, -0.15) is 0 Å². The van der Waals surface area contributed by atoms with E-state index in [0.29, 0.717) is 15.6 Å². The van der Waals surface area contributed by atoms with E-state index in [9.17, 15) is 9.59 Å². The van der Waals surface area contributed by atoms with Crippen molar-refractivity contribution >= 4 is 40.8 Å². The summed E-state index contributed by atoms with van der Waals surface area (Å²) in [7, 11) is 0. The van der Waals surface area contributed by atoms with Crippen LogP contribution in [-0.2, 0) is 0 Å². The molecule has 8 heteroatoms. The number of anilines is 1. The smallest absolute Gasteiger partial charge is 0.449 e. The third-order valence-electron chi connectivity index (χ3n) is 3.14. The first-order valence-corrected chi connectivity index (χ1v) is 8.26. The van der Waals surface area contributed by atoms with Crippen LogP contribution in [0.2, 0.25) is 5.02 Å². The molecule has 0 aliphatic rings. The van der Waals surface area contributed by atoms with Crippen molar-refractivity contribution in [1.29, 1.82) is 0 Å². The number of hydrogen-bond acceptors (Lipinski definition) is 5. The van der Waals surface area contributed by atoms with Crippen LogP contribution < -0.4 is 10.1 Å². The zero-order valence-corrected chi connectivity index (χ0v) is 14.2. The van der Waals surface area contributed by atoms with E-state index in [1.165, 1.54) is 0 Å². The van der Waals surface area contributed by atoms with Crippen molar-refractivity contribution in [1.82, 2.24) is 4.98 Å². The van der Waals surface area contributed by atoms with E-state index in [-0.39, 0.29) is 10.9 Å². The molecule has 6 nitrogen and oxygen atoms in total. The Labute approximate surface area is 151 Å². The number of halogens is 1. The fourth-order valence-electron chi connectivity index (χ4n) is 2.02. The molecular weight excluding hydrogens is 364 g/mol. The van der Waals surface area contributed by atoms with Crippen LogP contribution in [0.5, 0.6) is 5.06 Å². The first-order chi connectivity index (χ1) is 12.0. The molecule has 1 aromatic heterocycles. The second-order valence-electron chi connectivity index (χ2n) is 4.85. The number of carbonyl (C=O) groups excluding carboxylic acids is 1. The summed E-state index contributed by atoms with van der Waals surface area (Å²) in [6.07, 6.45) is -1.48. The molecular formula is C17H11ClN2O4S. The van der Waals surface area contributed by atoms with Crippen LogP contribution in [0.4, 0.5) is 10.6 Å². The lowest BCUT2D eigenvalue weighted by molar-refractivity contribution is 0.102. The van der Waals surface area contributed by atoms with Crippen LogP contribution in [0.15, 0.2) is 54.6 Å². The minimum Gasteiger partial charge on any atom is -0.449 e. The number of nitrogens with zero attached hydrogens (tertiary/aromatic N) is 1. The highest BCUT2D eigenvalue weighted by Gasteiger charge is 2.19. The van der Waals surface area contributed by atoms with Crippen LogP contribution in [-0.4, -0.2) is 22.2 Å². The monoisotopic (exact) mass is 374 g/mol. The largest absolute Gasteiger partial charge is 0.512 e. The molecule has 3 aromatic rings. The number of hydrogen-bond donors (Lipinski definition) is 2. The maximum absolute atomic E-state index is 12.3. The van der Waals surface area contributed by atoms with E-state index >= 15 is 0 Å². The van der Waals surface area contributed by atoms with Crippen molar-refractivity contribution < 1.29 is 19.4 Å². The maximum Gasteiger partial charge on any atom is 0.512 e. The van der Waals surface area contributed by atoms with Gasteiger partial charge in [0, 0.05) is 16.1 Å². The average molecular weight is 375 g/mol. The number of rotatable bonds is 4. The SMILES string of the molecule is O=C(O)Oc1sc(-c2ccccc2)nc1NC(=O)c1ccc(Cl)cc1. The normalized spacial score (nSPS) is 10.3. The van der Waals surface area contributed by atoms with E-state index in [4.69, 9.17) is 21.4 Å². The van der Waals surface area contributed by atoms with Gasteiger partial charge >= 0.3 is 6.16 Å². The van der Waals surface area contributed by atoms with Crippen LogP contribution >= 0.6 is 22.9 Å². The molecule has 126 valence electrons. The first-order valence-electron chi connectivity index (χ1n) is 7.07. The van der Waals surface area contributed by atoms with Gasteiger partial charge in [0.2, 0.25) is 5.06 Å². The van der Waals surface area contributed by atoms with Gasteiger partial charge in [-0.25, -0.2) is 9.78 Å².